The first kappa shape index (κ1) is 15.0. The molecule has 0 aliphatic rings. The van der Waals surface area contributed by atoms with Crippen LogP contribution in [0.3, 0.4) is 0 Å². The van der Waals surface area contributed by atoms with Crippen molar-refractivity contribution in [3.05, 3.63) is 37.7 Å². The summed E-state index contributed by atoms with van der Waals surface area (Å²) in [5.41, 5.74) is 0.200. The maximum atomic E-state index is 12.0. The Bertz CT molecular complexity index is 641. The van der Waals surface area contributed by atoms with E-state index in [1.54, 1.807) is 30.8 Å². The highest BCUT2D eigenvalue weighted by Gasteiger charge is 2.09. The molecule has 0 aliphatic heterocycles. The third-order valence-corrected chi connectivity index (χ3v) is 3.89. The lowest BCUT2D eigenvalue weighted by molar-refractivity contribution is 0.182. The molecule has 0 radical (unpaired) electrons. The molecule has 0 unspecified atom stereocenters. The van der Waals surface area contributed by atoms with Gasteiger partial charge in [0.05, 0.1) is 36.6 Å². The summed E-state index contributed by atoms with van der Waals surface area (Å²) in [6.45, 7) is 3.30. The molecule has 2 rings (SSSR count). The molecule has 0 saturated carbocycles. The van der Waals surface area contributed by atoms with E-state index in [-0.39, 0.29) is 10.6 Å². The fourth-order valence-corrected chi connectivity index (χ4v) is 2.54. The Morgan fingerprint density at radius 3 is 2.95 bits per heavy atom. The van der Waals surface area contributed by atoms with Gasteiger partial charge in [0.25, 0.3) is 5.56 Å². The second kappa shape index (κ2) is 6.83. The summed E-state index contributed by atoms with van der Waals surface area (Å²) < 4.78 is 6.20. The Hall–Kier alpha value is -1.44. The van der Waals surface area contributed by atoms with E-state index in [0.29, 0.717) is 25.4 Å². The van der Waals surface area contributed by atoms with Crippen molar-refractivity contribution in [1.82, 2.24) is 14.8 Å². The number of aromatic nitrogens is 3. The van der Waals surface area contributed by atoms with E-state index in [0.717, 1.165) is 9.88 Å². The lowest BCUT2D eigenvalue weighted by Gasteiger charge is -2.09. The van der Waals surface area contributed by atoms with Gasteiger partial charge in [-0.2, -0.15) is 5.10 Å². The first-order chi connectivity index (χ1) is 9.61. The normalized spacial score (nSPS) is 10.8. The molecule has 0 spiro atoms. The standard InChI is InChI=1S/C12H15ClN4O2S/c1-8-14-5-9(20-8)6-15-10-7-16-17(3-4-19-2)12(18)11(10)13/h5,7,15H,3-4,6H2,1-2H3. The molecule has 0 amide bonds. The van der Waals surface area contributed by atoms with Gasteiger partial charge in [-0.05, 0) is 6.92 Å². The number of hydrogen-bond donors (Lipinski definition) is 1. The van der Waals surface area contributed by atoms with Gasteiger partial charge >= 0.3 is 0 Å². The molecular weight excluding hydrogens is 300 g/mol. The van der Waals surface area contributed by atoms with Crippen molar-refractivity contribution < 1.29 is 4.74 Å². The highest BCUT2D eigenvalue weighted by molar-refractivity contribution is 7.11. The van der Waals surface area contributed by atoms with Gasteiger partial charge in [-0.3, -0.25) is 4.79 Å². The molecule has 0 aromatic carbocycles. The molecule has 0 fully saturated rings. The number of nitrogens with one attached hydrogen (secondary N) is 1. The van der Waals surface area contributed by atoms with Gasteiger partial charge in [-0.15, -0.1) is 11.3 Å². The zero-order valence-corrected chi connectivity index (χ0v) is 12.8. The number of hydrogen-bond acceptors (Lipinski definition) is 6. The summed E-state index contributed by atoms with van der Waals surface area (Å²) in [6.07, 6.45) is 3.35. The molecule has 0 aliphatic carbocycles. The van der Waals surface area contributed by atoms with Gasteiger partial charge < -0.3 is 10.1 Å². The minimum atomic E-state index is -0.325. The van der Waals surface area contributed by atoms with Gasteiger partial charge in [0, 0.05) is 18.2 Å². The fourth-order valence-electron chi connectivity index (χ4n) is 1.59. The van der Waals surface area contributed by atoms with E-state index in [9.17, 15) is 4.79 Å². The number of rotatable bonds is 6. The highest BCUT2D eigenvalue weighted by Crippen LogP contribution is 2.18. The van der Waals surface area contributed by atoms with Crippen LogP contribution in [-0.2, 0) is 17.8 Å². The summed E-state index contributed by atoms with van der Waals surface area (Å²) >= 11 is 7.65. The predicted molar refractivity (Wildman–Crippen MR) is 79.6 cm³/mol. The maximum Gasteiger partial charge on any atom is 0.287 e. The largest absolute Gasteiger partial charge is 0.383 e. The third kappa shape index (κ3) is 3.56. The second-order valence-corrected chi connectivity index (χ2v) is 5.79. The maximum absolute atomic E-state index is 12.0. The molecule has 2 aromatic rings. The monoisotopic (exact) mass is 314 g/mol. The van der Waals surface area contributed by atoms with E-state index in [1.807, 2.05) is 6.92 Å². The fraction of sp³-hybridized carbons (Fsp3) is 0.417. The van der Waals surface area contributed by atoms with Crippen LogP contribution in [0.5, 0.6) is 0 Å². The molecule has 6 nitrogen and oxygen atoms in total. The Morgan fingerprint density at radius 2 is 2.30 bits per heavy atom. The van der Waals surface area contributed by atoms with Gasteiger partial charge in [-0.1, -0.05) is 11.6 Å². The number of nitrogens with zero attached hydrogens (tertiary/aromatic N) is 3. The van der Waals surface area contributed by atoms with E-state index < -0.39 is 0 Å². The van der Waals surface area contributed by atoms with Crippen molar-refractivity contribution >= 4 is 28.6 Å². The molecule has 8 heteroatoms. The van der Waals surface area contributed by atoms with Crippen molar-refractivity contribution in [3.8, 4) is 0 Å². The van der Waals surface area contributed by atoms with Crippen LogP contribution in [0, 0.1) is 6.92 Å². The third-order valence-electron chi connectivity index (χ3n) is 2.61. The Balaban J connectivity index is 2.09. The van der Waals surface area contributed by atoms with Crippen LogP contribution in [0.15, 0.2) is 17.2 Å². The molecule has 1 N–H and O–H groups in total. The molecular formula is C12H15ClN4O2S. The Kier molecular flexibility index (Phi) is 5.11. The molecule has 20 heavy (non-hydrogen) atoms. The summed E-state index contributed by atoms with van der Waals surface area (Å²) in [4.78, 5) is 17.2. The second-order valence-electron chi connectivity index (χ2n) is 4.09. The van der Waals surface area contributed by atoms with Crippen LogP contribution in [0.25, 0.3) is 0 Å². The van der Waals surface area contributed by atoms with Crippen LogP contribution in [0.4, 0.5) is 5.69 Å². The van der Waals surface area contributed by atoms with Crippen LogP contribution < -0.4 is 10.9 Å². The minimum absolute atomic E-state index is 0.136. The first-order valence-electron chi connectivity index (χ1n) is 6.01. The number of thiazole rings is 1. The zero-order chi connectivity index (χ0) is 14.5. The quantitative estimate of drug-likeness (QED) is 0.882. The Labute approximate surface area is 125 Å². The van der Waals surface area contributed by atoms with Crippen LogP contribution in [0.2, 0.25) is 5.02 Å². The molecule has 2 heterocycles. The zero-order valence-electron chi connectivity index (χ0n) is 11.2. The average molecular weight is 315 g/mol. The highest BCUT2D eigenvalue weighted by atomic mass is 35.5. The van der Waals surface area contributed by atoms with E-state index in [4.69, 9.17) is 16.3 Å². The van der Waals surface area contributed by atoms with E-state index in [1.165, 1.54) is 4.68 Å². The Morgan fingerprint density at radius 1 is 1.50 bits per heavy atom. The SMILES string of the molecule is COCCn1ncc(NCc2cnc(C)s2)c(Cl)c1=O. The topological polar surface area (TPSA) is 69.0 Å². The van der Waals surface area contributed by atoms with Crippen molar-refractivity contribution in [2.24, 2.45) is 0 Å². The lowest BCUT2D eigenvalue weighted by Crippen LogP contribution is -2.26. The minimum Gasteiger partial charge on any atom is -0.383 e. The summed E-state index contributed by atoms with van der Waals surface area (Å²) in [7, 11) is 1.57. The summed E-state index contributed by atoms with van der Waals surface area (Å²) in [6, 6.07) is 0. The summed E-state index contributed by atoms with van der Waals surface area (Å²) in [5.74, 6) is 0. The molecule has 0 bridgehead atoms. The molecule has 108 valence electrons. The number of methoxy groups -OCH3 is 1. The first-order valence-corrected chi connectivity index (χ1v) is 7.21. The number of aryl methyl sites for hydroxylation is 1. The molecule has 0 saturated heterocycles. The van der Waals surface area contributed by atoms with E-state index in [2.05, 4.69) is 15.4 Å². The predicted octanol–water partition coefficient (Wildman–Crippen LogP) is 1.92. The van der Waals surface area contributed by atoms with Gasteiger partial charge in [0.15, 0.2) is 0 Å². The average Bonchev–Trinajstić information content (AvgIpc) is 2.85. The number of anilines is 1. The van der Waals surface area contributed by atoms with Gasteiger partial charge in [0.1, 0.15) is 5.02 Å². The van der Waals surface area contributed by atoms with E-state index >= 15 is 0 Å². The summed E-state index contributed by atoms with van der Waals surface area (Å²) in [5, 5.41) is 8.29. The smallest absolute Gasteiger partial charge is 0.287 e. The molecule has 2 aromatic heterocycles. The van der Waals surface area contributed by atoms with Crippen LogP contribution >= 0.6 is 22.9 Å². The van der Waals surface area contributed by atoms with Crippen molar-refractivity contribution in [1.29, 1.82) is 0 Å². The lowest BCUT2D eigenvalue weighted by atomic mass is 10.4. The van der Waals surface area contributed by atoms with Gasteiger partial charge in [0.2, 0.25) is 0 Å². The van der Waals surface area contributed by atoms with Crippen molar-refractivity contribution in [2.45, 2.75) is 20.0 Å². The van der Waals surface area contributed by atoms with Crippen molar-refractivity contribution in [2.75, 3.05) is 19.0 Å². The van der Waals surface area contributed by atoms with Gasteiger partial charge in [-0.25, -0.2) is 9.67 Å². The number of ether oxygens (including phenoxy) is 1. The van der Waals surface area contributed by atoms with Crippen LogP contribution in [-0.4, -0.2) is 28.5 Å². The number of halogens is 1. The van der Waals surface area contributed by atoms with Crippen LogP contribution in [0.1, 0.15) is 9.88 Å². The molecule has 0 atom stereocenters. The van der Waals surface area contributed by atoms with Crippen molar-refractivity contribution in [3.63, 3.8) is 0 Å².